The van der Waals surface area contributed by atoms with E-state index in [0.29, 0.717) is 23.4 Å². The lowest BCUT2D eigenvalue weighted by atomic mass is 9.99. The van der Waals surface area contributed by atoms with Crippen LogP contribution in [0.25, 0.3) is 0 Å². The average molecular weight is 417 g/mol. The maximum Gasteiger partial charge on any atom is 0.255 e. The molecule has 1 aromatic heterocycles. The van der Waals surface area contributed by atoms with E-state index in [1.54, 1.807) is 65.8 Å². The Morgan fingerprint density at radius 1 is 1.13 bits per heavy atom. The van der Waals surface area contributed by atoms with Crippen LogP contribution < -0.4 is 5.32 Å². The SMILES string of the molecule is O=C(Nc1ccc([C@@H](O)[C@H]2COCC(=O)N2Cc2cccnc2)cc1)c1ccccc1. The lowest BCUT2D eigenvalue weighted by Crippen LogP contribution is -2.51. The normalized spacial score (nSPS) is 17.3. The molecule has 0 radical (unpaired) electrons. The first-order valence-corrected chi connectivity index (χ1v) is 10.0. The molecular formula is C24H23N3O4. The summed E-state index contributed by atoms with van der Waals surface area (Å²) < 4.78 is 5.41. The topological polar surface area (TPSA) is 91.8 Å². The number of aliphatic hydroxyl groups is 1. The maximum absolute atomic E-state index is 12.5. The molecule has 3 aromatic rings. The lowest BCUT2D eigenvalue weighted by molar-refractivity contribution is -0.155. The fourth-order valence-electron chi connectivity index (χ4n) is 3.56. The molecule has 31 heavy (non-hydrogen) atoms. The molecule has 7 nitrogen and oxygen atoms in total. The monoisotopic (exact) mass is 417 g/mol. The first-order valence-electron chi connectivity index (χ1n) is 10.0. The number of nitrogens with zero attached hydrogens (tertiary/aromatic N) is 2. The van der Waals surface area contributed by atoms with E-state index < -0.39 is 12.1 Å². The zero-order valence-electron chi connectivity index (χ0n) is 16.8. The Labute approximate surface area is 180 Å². The van der Waals surface area contributed by atoms with Crippen LogP contribution in [-0.4, -0.2) is 46.1 Å². The molecule has 2 aromatic carbocycles. The van der Waals surface area contributed by atoms with Crippen molar-refractivity contribution in [1.29, 1.82) is 0 Å². The highest BCUT2D eigenvalue weighted by Crippen LogP contribution is 2.26. The van der Waals surface area contributed by atoms with Crippen LogP contribution >= 0.6 is 0 Å². The Hall–Kier alpha value is -3.55. The van der Waals surface area contributed by atoms with Gasteiger partial charge in [-0.05, 0) is 41.5 Å². The summed E-state index contributed by atoms with van der Waals surface area (Å²) in [5, 5.41) is 13.8. The Kier molecular flexibility index (Phi) is 6.35. The minimum Gasteiger partial charge on any atom is -0.386 e. The van der Waals surface area contributed by atoms with Crippen LogP contribution in [0.3, 0.4) is 0 Å². The van der Waals surface area contributed by atoms with Crippen molar-refractivity contribution >= 4 is 17.5 Å². The molecular weight excluding hydrogens is 394 g/mol. The van der Waals surface area contributed by atoms with Gasteiger partial charge in [-0.3, -0.25) is 14.6 Å². The third-order valence-electron chi connectivity index (χ3n) is 5.22. The van der Waals surface area contributed by atoms with Gasteiger partial charge >= 0.3 is 0 Å². The summed E-state index contributed by atoms with van der Waals surface area (Å²) in [6, 6.07) is 19.1. The first kappa shape index (κ1) is 20.7. The number of amides is 2. The molecule has 2 heterocycles. The van der Waals surface area contributed by atoms with Crippen molar-refractivity contribution in [3.8, 4) is 0 Å². The average Bonchev–Trinajstić information content (AvgIpc) is 2.82. The number of rotatable bonds is 6. The molecule has 158 valence electrons. The van der Waals surface area contributed by atoms with E-state index in [-0.39, 0.29) is 25.0 Å². The van der Waals surface area contributed by atoms with E-state index >= 15 is 0 Å². The molecule has 0 spiro atoms. The zero-order valence-corrected chi connectivity index (χ0v) is 16.8. The molecule has 2 N–H and O–H groups in total. The minimum atomic E-state index is -0.931. The van der Waals surface area contributed by atoms with Crippen molar-refractivity contribution in [2.75, 3.05) is 18.5 Å². The number of ether oxygens (including phenoxy) is 1. The first-order chi connectivity index (χ1) is 15.1. The summed E-state index contributed by atoms with van der Waals surface area (Å²) in [5.74, 6) is -0.381. The van der Waals surface area contributed by atoms with Gasteiger partial charge in [0.15, 0.2) is 0 Å². The van der Waals surface area contributed by atoms with Gasteiger partial charge in [-0.2, -0.15) is 0 Å². The van der Waals surface area contributed by atoms with Gasteiger partial charge in [0.2, 0.25) is 5.91 Å². The van der Waals surface area contributed by atoms with Crippen molar-refractivity contribution in [2.24, 2.45) is 0 Å². The van der Waals surface area contributed by atoms with Crippen molar-refractivity contribution < 1.29 is 19.4 Å². The van der Waals surface area contributed by atoms with Crippen molar-refractivity contribution in [3.05, 3.63) is 95.8 Å². The van der Waals surface area contributed by atoms with Crippen LogP contribution in [0.5, 0.6) is 0 Å². The number of hydrogen-bond acceptors (Lipinski definition) is 5. The molecule has 1 aliphatic rings. The highest BCUT2D eigenvalue weighted by molar-refractivity contribution is 6.04. The van der Waals surface area contributed by atoms with Crippen LogP contribution in [0.1, 0.15) is 27.6 Å². The molecule has 0 bridgehead atoms. The van der Waals surface area contributed by atoms with Crippen molar-refractivity contribution in [3.63, 3.8) is 0 Å². The molecule has 1 saturated heterocycles. The van der Waals surface area contributed by atoms with Crippen LogP contribution in [0.2, 0.25) is 0 Å². The lowest BCUT2D eigenvalue weighted by Gasteiger charge is -2.38. The number of anilines is 1. The quantitative estimate of drug-likeness (QED) is 0.644. The Morgan fingerprint density at radius 3 is 2.61 bits per heavy atom. The number of pyridine rings is 1. The van der Waals surface area contributed by atoms with Crippen LogP contribution in [0.15, 0.2) is 79.1 Å². The summed E-state index contributed by atoms with van der Waals surface area (Å²) in [6.07, 6.45) is 2.45. The molecule has 1 fully saturated rings. The van der Waals surface area contributed by atoms with E-state index in [9.17, 15) is 14.7 Å². The van der Waals surface area contributed by atoms with E-state index in [1.807, 2.05) is 18.2 Å². The van der Waals surface area contributed by atoms with Crippen molar-refractivity contribution in [1.82, 2.24) is 9.88 Å². The van der Waals surface area contributed by atoms with E-state index in [0.717, 1.165) is 5.56 Å². The number of nitrogens with one attached hydrogen (secondary N) is 1. The molecule has 0 aliphatic carbocycles. The fourth-order valence-corrected chi connectivity index (χ4v) is 3.56. The van der Waals surface area contributed by atoms with Gasteiger partial charge in [-0.15, -0.1) is 0 Å². The Bertz CT molecular complexity index is 1030. The highest BCUT2D eigenvalue weighted by Gasteiger charge is 2.34. The second-order valence-corrected chi connectivity index (χ2v) is 7.35. The van der Waals surface area contributed by atoms with Crippen LogP contribution in [0.4, 0.5) is 5.69 Å². The van der Waals surface area contributed by atoms with Gasteiger partial charge in [0.05, 0.1) is 12.6 Å². The second kappa shape index (κ2) is 9.51. The third-order valence-corrected chi connectivity index (χ3v) is 5.22. The fraction of sp³-hybridized carbons (Fsp3) is 0.208. The summed E-state index contributed by atoms with van der Waals surface area (Å²) in [6.45, 7) is 0.580. The molecule has 7 heteroatoms. The number of morpholine rings is 1. The molecule has 1 aliphatic heterocycles. The summed E-state index contributed by atoms with van der Waals surface area (Å²) in [7, 11) is 0. The van der Waals surface area contributed by atoms with E-state index in [1.165, 1.54) is 0 Å². The van der Waals surface area contributed by atoms with E-state index in [2.05, 4.69) is 10.3 Å². The van der Waals surface area contributed by atoms with Crippen molar-refractivity contribution in [2.45, 2.75) is 18.7 Å². The number of hydrogen-bond donors (Lipinski definition) is 2. The van der Waals surface area contributed by atoms with Crippen LogP contribution in [0, 0.1) is 0 Å². The van der Waals surface area contributed by atoms with Gasteiger partial charge < -0.3 is 20.1 Å². The summed E-state index contributed by atoms with van der Waals surface area (Å²) >= 11 is 0. The molecule has 0 saturated carbocycles. The third kappa shape index (κ3) is 4.96. The van der Waals surface area contributed by atoms with Gasteiger partial charge in [0.1, 0.15) is 12.7 Å². The second-order valence-electron chi connectivity index (χ2n) is 7.35. The predicted molar refractivity (Wildman–Crippen MR) is 115 cm³/mol. The molecule has 2 amide bonds. The maximum atomic E-state index is 12.5. The van der Waals surface area contributed by atoms with Crippen LogP contribution in [-0.2, 0) is 16.1 Å². The number of aromatic nitrogens is 1. The summed E-state index contributed by atoms with van der Waals surface area (Å²) in [5.41, 5.74) is 2.70. The minimum absolute atomic E-state index is 0.00601. The van der Waals surface area contributed by atoms with Gasteiger partial charge in [-0.1, -0.05) is 36.4 Å². The molecule has 2 atom stereocenters. The van der Waals surface area contributed by atoms with Gasteiger partial charge in [-0.25, -0.2) is 0 Å². The Balaban J connectivity index is 1.46. The summed E-state index contributed by atoms with van der Waals surface area (Å²) in [4.78, 5) is 30.5. The smallest absolute Gasteiger partial charge is 0.255 e. The van der Waals surface area contributed by atoms with Gasteiger partial charge in [0.25, 0.3) is 5.91 Å². The highest BCUT2D eigenvalue weighted by atomic mass is 16.5. The number of aliphatic hydroxyl groups excluding tert-OH is 1. The molecule has 4 rings (SSSR count). The largest absolute Gasteiger partial charge is 0.386 e. The van der Waals surface area contributed by atoms with Gasteiger partial charge in [0, 0.05) is 30.2 Å². The standard InChI is InChI=1S/C24H23N3O4/c28-22-16-31-15-21(27(22)14-17-5-4-12-25-13-17)23(29)18-8-10-20(11-9-18)26-24(30)19-6-2-1-3-7-19/h1-13,21,23,29H,14-16H2,(H,26,30)/t21-,23-/m1/s1. The predicted octanol–water partition coefficient (Wildman–Crippen LogP) is 2.79. The number of carbonyl (C=O) groups excluding carboxylic acids is 2. The zero-order chi connectivity index (χ0) is 21.6. The number of benzene rings is 2. The number of carbonyl (C=O) groups is 2. The van der Waals surface area contributed by atoms with E-state index in [4.69, 9.17) is 4.74 Å². The Morgan fingerprint density at radius 2 is 1.90 bits per heavy atom. The molecule has 0 unspecified atom stereocenters.